The van der Waals surface area contributed by atoms with E-state index in [0.717, 1.165) is 17.4 Å². The largest absolute Gasteiger partial charge is 0.325 e. The molecule has 1 N–H and O–H groups in total. The maximum atomic E-state index is 12.9. The Labute approximate surface area is 197 Å². The zero-order valence-corrected chi connectivity index (χ0v) is 18.7. The van der Waals surface area contributed by atoms with Crippen LogP contribution in [0.2, 0.25) is 10.0 Å². The predicted molar refractivity (Wildman–Crippen MR) is 125 cm³/mol. The monoisotopic (exact) mass is 483 g/mol. The van der Waals surface area contributed by atoms with Gasteiger partial charge < -0.3 is 5.32 Å². The summed E-state index contributed by atoms with van der Waals surface area (Å²) in [7, 11) is 0. The molecule has 7 nitrogen and oxygen atoms in total. The van der Waals surface area contributed by atoms with Gasteiger partial charge in [-0.3, -0.25) is 9.59 Å². The van der Waals surface area contributed by atoms with Crippen LogP contribution in [0.1, 0.15) is 15.9 Å². The molecule has 4 aromatic rings. The van der Waals surface area contributed by atoms with Gasteiger partial charge in [0.25, 0.3) is 0 Å². The van der Waals surface area contributed by atoms with E-state index in [-0.39, 0.29) is 17.4 Å². The highest BCUT2D eigenvalue weighted by molar-refractivity contribution is 7.99. The Kier molecular flexibility index (Phi) is 6.84. The molecule has 0 saturated carbocycles. The molecule has 10 heteroatoms. The standard InChI is InChI=1S/C22H15Cl2N5O2S/c23-15-6-9-17(10-7-15)29-22(26-27-28-29)32-13-20(30)25-19-11-8-16(24)12-18(19)21(31)14-4-2-1-3-5-14/h1-12H,13H2,(H,25,30). The van der Waals surface area contributed by atoms with E-state index in [0.29, 0.717) is 32.0 Å². The number of rotatable bonds is 7. The summed E-state index contributed by atoms with van der Waals surface area (Å²) in [5.74, 6) is -0.511. The van der Waals surface area contributed by atoms with E-state index in [1.165, 1.54) is 4.68 Å². The van der Waals surface area contributed by atoms with Crippen LogP contribution in [-0.2, 0) is 4.79 Å². The SMILES string of the molecule is O=C(CSc1nnnn1-c1ccc(Cl)cc1)Nc1ccc(Cl)cc1C(=O)c1ccccc1. The van der Waals surface area contributed by atoms with E-state index < -0.39 is 0 Å². The van der Waals surface area contributed by atoms with Crippen LogP contribution in [0.15, 0.2) is 78.0 Å². The Hall–Kier alpha value is -3.20. The zero-order chi connectivity index (χ0) is 22.5. The third-order valence-electron chi connectivity index (χ3n) is 4.38. The van der Waals surface area contributed by atoms with Crippen molar-refractivity contribution >= 4 is 52.3 Å². The number of carbonyl (C=O) groups is 2. The van der Waals surface area contributed by atoms with Crippen LogP contribution in [0.25, 0.3) is 5.69 Å². The maximum absolute atomic E-state index is 12.9. The van der Waals surface area contributed by atoms with E-state index in [1.807, 2.05) is 6.07 Å². The number of thioether (sulfide) groups is 1. The molecule has 0 unspecified atom stereocenters. The number of nitrogens with one attached hydrogen (secondary N) is 1. The topological polar surface area (TPSA) is 89.8 Å². The molecule has 3 aromatic carbocycles. The number of carbonyl (C=O) groups excluding carboxylic acids is 2. The minimum Gasteiger partial charge on any atom is -0.325 e. The molecule has 0 atom stereocenters. The van der Waals surface area contributed by atoms with Gasteiger partial charge in [0.15, 0.2) is 5.78 Å². The number of ketones is 1. The fourth-order valence-electron chi connectivity index (χ4n) is 2.89. The van der Waals surface area contributed by atoms with Gasteiger partial charge in [-0.25, -0.2) is 0 Å². The third-order valence-corrected chi connectivity index (χ3v) is 5.79. The van der Waals surface area contributed by atoms with E-state index in [9.17, 15) is 9.59 Å². The van der Waals surface area contributed by atoms with Gasteiger partial charge in [0.2, 0.25) is 11.1 Å². The lowest BCUT2D eigenvalue weighted by molar-refractivity contribution is -0.113. The Morgan fingerprint density at radius 2 is 1.66 bits per heavy atom. The molecule has 0 fully saturated rings. The van der Waals surface area contributed by atoms with Gasteiger partial charge >= 0.3 is 0 Å². The molecule has 0 aliphatic rings. The lowest BCUT2D eigenvalue weighted by Crippen LogP contribution is -2.17. The maximum Gasteiger partial charge on any atom is 0.234 e. The van der Waals surface area contributed by atoms with Crippen molar-refractivity contribution in [1.29, 1.82) is 0 Å². The van der Waals surface area contributed by atoms with E-state index >= 15 is 0 Å². The molecule has 160 valence electrons. The van der Waals surface area contributed by atoms with Crippen molar-refractivity contribution in [2.75, 3.05) is 11.1 Å². The number of hydrogen-bond acceptors (Lipinski definition) is 6. The van der Waals surface area contributed by atoms with Crippen LogP contribution in [0, 0.1) is 0 Å². The summed E-state index contributed by atoms with van der Waals surface area (Å²) in [4.78, 5) is 25.5. The van der Waals surface area contributed by atoms with Crippen LogP contribution in [0.5, 0.6) is 0 Å². The summed E-state index contributed by atoms with van der Waals surface area (Å²) < 4.78 is 1.51. The number of halogens is 2. The number of hydrogen-bond donors (Lipinski definition) is 1. The number of tetrazole rings is 1. The van der Waals surface area contributed by atoms with Crippen molar-refractivity contribution in [3.63, 3.8) is 0 Å². The second-order valence-corrected chi connectivity index (χ2v) is 8.39. The van der Waals surface area contributed by atoms with Gasteiger partial charge in [-0.1, -0.05) is 65.3 Å². The third kappa shape index (κ3) is 5.16. The highest BCUT2D eigenvalue weighted by atomic mass is 35.5. The number of amides is 1. The van der Waals surface area contributed by atoms with Crippen molar-refractivity contribution in [2.45, 2.75) is 5.16 Å². The molecule has 0 aliphatic carbocycles. The molecule has 32 heavy (non-hydrogen) atoms. The summed E-state index contributed by atoms with van der Waals surface area (Å²) in [6.07, 6.45) is 0. The normalized spacial score (nSPS) is 10.7. The smallest absolute Gasteiger partial charge is 0.234 e. The van der Waals surface area contributed by atoms with Crippen LogP contribution in [0.3, 0.4) is 0 Å². The van der Waals surface area contributed by atoms with E-state index in [1.54, 1.807) is 66.7 Å². The summed E-state index contributed by atoms with van der Waals surface area (Å²) in [5.41, 5.74) is 1.91. The minimum absolute atomic E-state index is 0.0373. The average Bonchev–Trinajstić information content (AvgIpc) is 3.28. The molecule has 0 saturated heterocycles. The molecule has 0 bridgehead atoms. The summed E-state index contributed by atoms with van der Waals surface area (Å²) in [6, 6.07) is 20.6. The summed E-state index contributed by atoms with van der Waals surface area (Å²) in [6.45, 7) is 0. The van der Waals surface area contributed by atoms with Gasteiger partial charge in [-0.05, 0) is 52.9 Å². The second-order valence-electron chi connectivity index (χ2n) is 6.57. The first-order valence-corrected chi connectivity index (χ1v) is 11.1. The Bertz CT molecular complexity index is 1260. The molecule has 4 rings (SSSR count). The first kappa shape index (κ1) is 22.0. The summed E-state index contributed by atoms with van der Waals surface area (Å²) >= 11 is 13.2. The van der Waals surface area contributed by atoms with Gasteiger partial charge in [0, 0.05) is 21.2 Å². The first-order valence-electron chi connectivity index (χ1n) is 9.37. The lowest BCUT2D eigenvalue weighted by Gasteiger charge is -2.11. The zero-order valence-electron chi connectivity index (χ0n) is 16.4. The van der Waals surface area contributed by atoms with Gasteiger partial charge in [0.1, 0.15) is 0 Å². The molecule has 0 aliphatic heterocycles. The minimum atomic E-state index is -0.315. The fourth-order valence-corrected chi connectivity index (χ4v) is 3.88. The molecule has 0 radical (unpaired) electrons. The van der Waals surface area contributed by atoms with Crippen LogP contribution in [-0.4, -0.2) is 37.7 Å². The van der Waals surface area contributed by atoms with Crippen molar-refractivity contribution in [2.24, 2.45) is 0 Å². The average molecular weight is 484 g/mol. The molecule has 1 heterocycles. The summed E-state index contributed by atoms with van der Waals surface area (Å²) in [5, 5.41) is 15.8. The lowest BCUT2D eigenvalue weighted by atomic mass is 10.0. The number of aromatic nitrogens is 4. The Balaban J connectivity index is 1.47. The fraction of sp³-hybridized carbons (Fsp3) is 0.0455. The van der Waals surface area contributed by atoms with Crippen molar-refractivity contribution in [3.05, 3.63) is 94.0 Å². The second kappa shape index (κ2) is 9.95. The molecular formula is C22H15Cl2N5O2S. The molecule has 1 amide bonds. The van der Waals surface area contributed by atoms with Crippen LogP contribution in [0.4, 0.5) is 5.69 Å². The highest BCUT2D eigenvalue weighted by Crippen LogP contribution is 2.25. The predicted octanol–water partition coefficient (Wildman–Crippen LogP) is 4.93. The quantitative estimate of drug-likeness (QED) is 0.296. The molecule has 1 aromatic heterocycles. The van der Waals surface area contributed by atoms with Crippen LogP contribution >= 0.6 is 35.0 Å². The van der Waals surface area contributed by atoms with Crippen LogP contribution < -0.4 is 5.32 Å². The molecule has 0 spiro atoms. The van der Waals surface area contributed by atoms with Crippen molar-refractivity contribution < 1.29 is 9.59 Å². The first-order chi connectivity index (χ1) is 15.5. The Morgan fingerprint density at radius 3 is 2.41 bits per heavy atom. The van der Waals surface area contributed by atoms with Crippen molar-refractivity contribution in [1.82, 2.24) is 20.2 Å². The van der Waals surface area contributed by atoms with Gasteiger partial charge in [-0.15, -0.1) is 5.10 Å². The Morgan fingerprint density at radius 1 is 0.938 bits per heavy atom. The van der Waals surface area contributed by atoms with Gasteiger partial charge in [0.05, 0.1) is 17.1 Å². The highest BCUT2D eigenvalue weighted by Gasteiger charge is 2.17. The van der Waals surface area contributed by atoms with Gasteiger partial charge in [-0.2, -0.15) is 4.68 Å². The molecular weight excluding hydrogens is 469 g/mol. The van der Waals surface area contributed by atoms with E-state index in [2.05, 4.69) is 20.8 Å². The number of anilines is 1. The van der Waals surface area contributed by atoms with Crippen molar-refractivity contribution in [3.8, 4) is 5.69 Å². The number of benzene rings is 3. The number of nitrogens with zero attached hydrogens (tertiary/aromatic N) is 4. The van der Waals surface area contributed by atoms with E-state index in [4.69, 9.17) is 23.2 Å².